The Morgan fingerprint density at radius 3 is 2.97 bits per heavy atom. The predicted molar refractivity (Wildman–Crippen MR) is 114 cm³/mol. The molecule has 0 aromatic carbocycles. The maximum absolute atomic E-state index is 12.7. The van der Waals surface area contributed by atoms with Crippen molar-refractivity contribution in [1.82, 2.24) is 19.3 Å². The number of aromatic amines is 1. The molecule has 0 amide bonds. The largest absolute Gasteiger partial charge is 0.377 e. The van der Waals surface area contributed by atoms with Crippen LogP contribution in [0.4, 0.5) is 0 Å². The Labute approximate surface area is 176 Å². The first kappa shape index (κ1) is 21.2. The molecule has 1 aliphatic heterocycles. The van der Waals surface area contributed by atoms with Gasteiger partial charge in [-0.3, -0.25) is 15.4 Å². The molecule has 0 radical (unpaired) electrons. The molecule has 164 valence electrons. The Hall–Kier alpha value is -2.04. The van der Waals surface area contributed by atoms with Crippen molar-refractivity contribution >= 4 is 27.0 Å². The molecule has 2 aromatic rings. The van der Waals surface area contributed by atoms with Gasteiger partial charge in [0.1, 0.15) is 11.3 Å². The first-order valence-electron chi connectivity index (χ1n) is 10.7. The third-order valence-electron chi connectivity index (χ3n) is 6.34. The van der Waals surface area contributed by atoms with Gasteiger partial charge in [-0.2, -0.15) is 0 Å². The van der Waals surface area contributed by atoms with Crippen molar-refractivity contribution in [3.05, 3.63) is 23.9 Å². The molecule has 9 nitrogen and oxygen atoms in total. The smallest absolute Gasteiger partial charge is 0.214 e. The van der Waals surface area contributed by atoms with E-state index < -0.39 is 10.0 Å². The van der Waals surface area contributed by atoms with Crippen LogP contribution in [-0.4, -0.2) is 53.3 Å². The SMILES string of the molecule is CC[C@@H]1C[C@H](NS(=O)(=O)CC2CCCCO2)C[C@@H]1C(=N)n1c(=N)cnc2[nH]ccc21. The maximum atomic E-state index is 12.7. The van der Waals surface area contributed by atoms with Gasteiger partial charge in [-0.15, -0.1) is 0 Å². The highest BCUT2D eigenvalue weighted by Gasteiger charge is 2.39. The van der Waals surface area contributed by atoms with Gasteiger partial charge in [0.25, 0.3) is 0 Å². The molecular formula is C20H30N6O3S. The van der Waals surface area contributed by atoms with E-state index in [2.05, 4.69) is 21.6 Å². The fourth-order valence-corrected chi connectivity index (χ4v) is 6.42. The van der Waals surface area contributed by atoms with Crippen LogP contribution < -0.4 is 10.2 Å². The molecule has 2 aromatic heterocycles. The summed E-state index contributed by atoms with van der Waals surface area (Å²) in [5.74, 6) is 0.395. The Morgan fingerprint density at radius 2 is 2.23 bits per heavy atom. The number of hydrogen-bond acceptors (Lipinski definition) is 6. The minimum absolute atomic E-state index is 0.00233. The number of sulfonamides is 1. The van der Waals surface area contributed by atoms with Gasteiger partial charge in [0.05, 0.1) is 23.6 Å². The summed E-state index contributed by atoms with van der Waals surface area (Å²) in [5.41, 5.74) is 1.48. The van der Waals surface area contributed by atoms with Crippen LogP contribution in [0, 0.1) is 22.7 Å². The molecule has 30 heavy (non-hydrogen) atoms. The minimum Gasteiger partial charge on any atom is -0.377 e. The van der Waals surface area contributed by atoms with Crippen LogP contribution in [0.15, 0.2) is 18.5 Å². The van der Waals surface area contributed by atoms with Crippen molar-refractivity contribution in [3.63, 3.8) is 0 Å². The van der Waals surface area contributed by atoms with Gasteiger partial charge in [0.15, 0.2) is 5.65 Å². The number of rotatable bonds is 6. The van der Waals surface area contributed by atoms with Crippen molar-refractivity contribution in [2.24, 2.45) is 11.8 Å². The third kappa shape index (κ3) is 4.35. The van der Waals surface area contributed by atoms with E-state index >= 15 is 0 Å². The zero-order chi connectivity index (χ0) is 21.3. The van der Waals surface area contributed by atoms with Crippen molar-refractivity contribution in [1.29, 1.82) is 10.8 Å². The highest BCUT2D eigenvalue weighted by atomic mass is 32.2. The summed E-state index contributed by atoms with van der Waals surface area (Å²) in [6.45, 7) is 2.70. The van der Waals surface area contributed by atoms with Crippen LogP contribution in [-0.2, 0) is 14.8 Å². The van der Waals surface area contributed by atoms with Crippen LogP contribution in [0.5, 0.6) is 0 Å². The summed E-state index contributed by atoms with van der Waals surface area (Å²) < 4.78 is 35.5. The molecule has 1 saturated carbocycles. The molecule has 0 spiro atoms. The molecular weight excluding hydrogens is 404 g/mol. The number of hydrogen-bond donors (Lipinski definition) is 4. The minimum atomic E-state index is -3.45. The summed E-state index contributed by atoms with van der Waals surface area (Å²) in [4.78, 5) is 7.23. The molecule has 2 aliphatic rings. The van der Waals surface area contributed by atoms with Gasteiger partial charge in [-0.1, -0.05) is 13.3 Å². The first-order chi connectivity index (χ1) is 14.4. The monoisotopic (exact) mass is 434 g/mol. The van der Waals surface area contributed by atoms with E-state index in [1.165, 1.54) is 6.20 Å². The summed E-state index contributed by atoms with van der Waals surface area (Å²) in [6.07, 6.45) is 7.85. The van der Waals surface area contributed by atoms with Crippen LogP contribution in [0.1, 0.15) is 45.4 Å². The standard InChI is InChI=1S/C20H30N6O3S/c1-2-13-9-14(25-30(27,28)12-15-5-3-4-8-29-15)10-16(13)19(22)26-17-6-7-23-20(17)24-11-18(26)21/h6-7,11,13-16,21-23,25H,2-5,8-10,12H2,1H3/t13-,14+,15?,16+/m1/s1. The fourth-order valence-electron chi connectivity index (χ4n) is 4.87. The second-order valence-electron chi connectivity index (χ2n) is 8.41. The highest BCUT2D eigenvalue weighted by molar-refractivity contribution is 7.89. The number of nitrogens with zero attached hydrogens (tertiary/aromatic N) is 2. The second kappa shape index (κ2) is 8.60. The van der Waals surface area contributed by atoms with Gasteiger partial charge in [-0.25, -0.2) is 18.1 Å². The van der Waals surface area contributed by atoms with Gasteiger partial charge in [-0.05, 0) is 44.1 Å². The molecule has 1 aliphatic carbocycles. The normalized spacial score (nSPS) is 27.5. The lowest BCUT2D eigenvalue weighted by molar-refractivity contribution is 0.0303. The van der Waals surface area contributed by atoms with Gasteiger partial charge < -0.3 is 9.72 Å². The highest BCUT2D eigenvalue weighted by Crippen LogP contribution is 2.36. The maximum Gasteiger partial charge on any atom is 0.214 e. The summed E-state index contributed by atoms with van der Waals surface area (Å²) in [5, 5.41) is 17.1. The van der Waals surface area contributed by atoms with Crippen molar-refractivity contribution < 1.29 is 13.2 Å². The quantitative estimate of drug-likeness (QED) is 0.408. The zero-order valence-electron chi connectivity index (χ0n) is 17.2. The number of aromatic nitrogens is 3. The lowest BCUT2D eigenvalue weighted by atomic mass is 9.92. The van der Waals surface area contributed by atoms with Crippen molar-refractivity contribution in [2.45, 2.75) is 57.6 Å². The average Bonchev–Trinajstić information content (AvgIpc) is 3.34. The van der Waals surface area contributed by atoms with Crippen LogP contribution in [0.25, 0.3) is 11.2 Å². The van der Waals surface area contributed by atoms with E-state index in [1.54, 1.807) is 10.8 Å². The predicted octanol–water partition coefficient (Wildman–Crippen LogP) is 1.96. The Bertz CT molecular complexity index is 1070. The summed E-state index contributed by atoms with van der Waals surface area (Å²) in [6, 6.07) is 1.61. The molecule has 3 heterocycles. The second-order valence-corrected chi connectivity index (χ2v) is 10.2. The van der Waals surface area contributed by atoms with E-state index in [0.29, 0.717) is 36.4 Å². The van der Waals surface area contributed by atoms with E-state index in [9.17, 15) is 8.42 Å². The lowest BCUT2D eigenvalue weighted by Crippen LogP contribution is -2.40. The van der Waals surface area contributed by atoms with Crippen LogP contribution in [0.2, 0.25) is 0 Å². The van der Waals surface area contributed by atoms with E-state index in [-0.39, 0.29) is 35.2 Å². The summed E-state index contributed by atoms with van der Waals surface area (Å²) >= 11 is 0. The third-order valence-corrected chi connectivity index (χ3v) is 7.84. The van der Waals surface area contributed by atoms with Gasteiger partial charge >= 0.3 is 0 Å². The molecule has 4 atom stereocenters. The van der Waals surface area contributed by atoms with Gasteiger partial charge in [0.2, 0.25) is 10.0 Å². The Morgan fingerprint density at radius 1 is 1.40 bits per heavy atom. The summed E-state index contributed by atoms with van der Waals surface area (Å²) in [7, 11) is -3.45. The van der Waals surface area contributed by atoms with Crippen molar-refractivity contribution in [2.75, 3.05) is 12.4 Å². The number of nitrogens with one attached hydrogen (secondary N) is 4. The Kier molecular flexibility index (Phi) is 6.08. The van der Waals surface area contributed by atoms with E-state index in [0.717, 1.165) is 25.7 Å². The molecule has 0 bridgehead atoms. The van der Waals surface area contributed by atoms with Crippen LogP contribution in [0.3, 0.4) is 0 Å². The van der Waals surface area contributed by atoms with Crippen LogP contribution >= 0.6 is 0 Å². The molecule has 10 heteroatoms. The number of H-pyrrole nitrogens is 1. The average molecular weight is 435 g/mol. The van der Waals surface area contributed by atoms with E-state index in [1.807, 2.05) is 6.07 Å². The first-order valence-corrected chi connectivity index (χ1v) is 12.3. The molecule has 1 saturated heterocycles. The molecule has 2 fully saturated rings. The van der Waals surface area contributed by atoms with E-state index in [4.69, 9.17) is 15.6 Å². The number of fused-ring (bicyclic) bond motifs is 1. The Balaban J connectivity index is 1.50. The van der Waals surface area contributed by atoms with Gasteiger partial charge in [0, 0.05) is 24.8 Å². The molecule has 4 N–H and O–H groups in total. The number of ether oxygens (including phenoxy) is 1. The topological polar surface area (TPSA) is 137 Å². The molecule has 4 rings (SSSR count). The lowest BCUT2D eigenvalue weighted by Gasteiger charge is -2.23. The zero-order valence-corrected chi connectivity index (χ0v) is 18.0. The van der Waals surface area contributed by atoms with Crippen molar-refractivity contribution in [3.8, 4) is 0 Å². The molecule has 1 unspecified atom stereocenters. The fraction of sp³-hybridized carbons (Fsp3) is 0.650.